The number of nitriles is 1. The Morgan fingerprint density at radius 2 is 2.00 bits per heavy atom. The molecule has 2 aromatic carbocycles. The van der Waals surface area contributed by atoms with Gasteiger partial charge in [-0.25, -0.2) is 4.63 Å². The van der Waals surface area contributed by atoms with E-state index < -0.39 is 4.92 Å². The van der Waals surface area contributed by atoms with Crippen molar-refractivity contribution >= 4 is 33.8 Å². The maximum Gasteiger partial charge on any atom is 0.323 e. The molecule has 3 N–H and O–H groups in total. The monoisotopic (exact) mass is 340 g/mol. The molecular weight excluding hydrogens is 328 g/mol. The van der Waals surface area contributed by atoms with Crippen LogP contribution in [0.25, 0.3) is 11.0 Å². The predicted octanol–water partition coefficient (Wildman–Crippen LogP) is 2.15. The van der Waals surface area contributed by atoms with Gasteiger partial charge in [0.05, 0.1) is 28.5 Å². The topological polar surface area (TPSA) is 150 Å². The average Bonchev–Trinajstić information content (AvgIpc) is 3.09. The number of aromatic nitrogens is 2. The summed E-state index contributed by atoms with van der Waals surface area (Å²) >= 11 is 0. The van der Waals surface area contributed by atoms with Gasteiger partial charge in [0.2, 0.25) is 5.52 Å². The number of hydrogen-bond donors (Lipinski definition) is 3. The van der Waals surface area contributed by atoms with Crippen LogP contribution in [-0.2, 0) is 0 Å². The highest BCUT2D eigenvalue weighted by Gasteiger charge is 2.26. The standard InChI is InChI=1S/C15H12N6O4/c16-8-9-3-1-2-4-10(9)18-11-7-12(17-5-6-22)15(21(23)24)14-13(11)19-25-20-14/h1-4,7,17-18,22H,5-6H2. The lowest BCUT2D eigenvalue weighted by atomic mass is 10.1. The fourth-order valence-corrected chi connectivity index (χ4v) is 2.37. The minimum Gasteiger partial charge on any atom is -0.395 e. The van der Waals surface area contributed by atoms with Gasteiger partial charge in [0.15, 0.2) is 5.52 Å². The average molecular weight is 340 g/mol. The largest absolute Gasteiger partial charge is 0.395 e. The molecule has 0 unspecified atom stereocenters. The van der Waals surface area contributed by atoms with Crippen molar-refractivity contribution in [1.29, 1.82) is 5.26 Å². The Bertz CT molecular complexity index is 978. The summed E-state index contributed by atoms with van der Waals surface area (Å²) in [7, 11) is 0. The highest BCUT2D eigenvalue weighted by atomic mass is 16.6. The van der Waals surface area contributed by atoms with Crippen LogP contribution in [0.4, 0.5) is 22.7 Å². The summed E-state index contributed by atoms with van der Waals surface area (Å²) in [5.74, 6) is 0. The Hall–Kier alpha value is -3.71. The molecule has 1 heterocycles. The van der Waals surface area contributed by atoms with Crippen molar-refractivity contribution < 1.29 is 14.7 Å². The maximum absolute atomic E-state index is 11.4. The zero-order valence-corrected chi connectivity index (χ0v) is 12.8. The number of fused-ring (bicyclic) bond motifs is 1. The summed E-state index contributed by atoms with van der Waals surface area (Å²) < 4.78 is 4.66. The maximum atomic E-state index is 11.4. The summed E-state index contributed by atoms with van der Waals surface area (Å²) in [5.41, 5.74) is 1.26. The molecule has 0 saturated heterocycles. The first-order valence-corrected chi connectivity index (χ1v) is 7.20. The molecule has 0 aliphatic rings. The number of nitrogens with one attached hydrogen (secondary N) is 2. The molecule has 25 heavy (non-hydrogen) atoms. The molecule has 0 spiro atoms. The summed E-state index contributed by atoms with van der Waals surface area (Å²) in [5, 5.41) is 42.7. The molecule has 0 atom stereocenters. The third-order valence-corrected chi connectivity index (χ3v) is 3.44. The first-order valence-electron chi connectivity index (χ1n) is 7.20. The van der Waals surface area contributed by atoms with Gasteiger partial charge in [-0.3, -0.25) is 10.1 Å². The van der Waals surface area contributed by atoms with E-state index in [0.29, 0.717) is 16.9 Å². The van der Waals surface area contributed by atoms with Crippen LogP contribution in [-0.4, -0.2) is 33.5 Å². The Morgan fingerprint density at radius 3 is 2.72 bits per heavy atom. The first-order chi connectivity index (χ1) is 12.2. The molecule has 3 rings (SSSR count). The van der Waals surface area contributed by atoms with Gasteiger partial charge in [-0.05, 0) is 28.5 Å². The fourth-order valence-electron chi connectivity index (χ4n) is 2.37. The molecule has 0 amide bonds. The van der Waals surface area contributed by atoms with Crippen molar-refractivity contribution in [3.05, 3.63) is 46.0 Å². The lowest BCUT2D eigenvalue weighted by Crippen LogP contribution is -2.08. The van der Waals surface area contributed by atoms with Crippen molar-refractivity contribution in [2.75, 3.05) is 23.8 Å². The van der Waals surface area contributed by atoms with Gasteiger partial charge in [0, 0.05) is 6.54 Å². The summed E-state index contributed by atoms with van der Waals surface area (Å²) in [6, 6.07) is 10.3. The number of nitro benzene ring substituents is 1. The molecule has 10 heteroatoms. The van der Waals surface area contributed by atoms with Gasteiger partial charge < -0.3 is 15.7 Å². The van der Waals surface area contributed by atoms with Crippen LogP contribution in [0.2, 0.25) is 0 Å². The number of aliphatic hydroxyl groups is 1. The normalized spacial score (nSPS) is 10.4. The second-order valence-corrected chi connectivity index (χ2v) is 4.97. The minimum atomic E-state index is -0.598. The third-order valence-electron chi connectivity index (χ3n) is 3.44. The van der Waals surface area contributed by atoms with Gasteiger partial charge in [-0.15, -0.1) is 0 Å². The van der Waals surface area contributed by atoms with E-state index in [0.717, 1.165) is 0 Å². The second-order valence-electron chi connectivity index (χ2n) is 4.97. The Labute approximate surface area is 140 Å². The van der Waals surface area contributed by atoms with Crippen molar-refractivity contribution in [3.8, 4) is 6.07 Å². The quantitative estimate of drug-likeness (QED) is 0.453. The van der Waals surface area contributed by atoms with E-state index in [9.17, 15) is 15.4 Å². The zero-order valence-electron chi connectivity index (χ0n) is 12.8. The van der Waals surface area contributed by atoms with E-state index in [1.807, 2.05) is 0 Å². The van der Waals surface area contributed by atoms with Crippen molar-refractivity contribution in [2.24, 2.45) is 0 Å². The highest BCUT2D eigenvalue weighted by molar-refractivity contribution is 6.00. The van der Waals surface area contributed by atoms with Crippen LogP contribution >= 0.6 is 0 Å². The van der Waals surface area contributed by atoms with Gasteiger partial charge in [0.1, 0.15) is 11.8 Å². The Kier molecular flexibility index (Phi) is 4.40. The molecule has 0 bridgehead atoms. The summed E-state index contributed by atoms with van der Waals surface area (Å²) in [4.78, 5) is 10.8. The number of hydrogen-bond acceptors (Lipinski definition) is 9. The summed E-state index contributed by atoms with van der Waals surface area (Å²) in [6.07, 6.45) is 0. The Balaban J connectivity index is 2.15. The van der Waals surface area contributed by atoms with Gasteiger partial charge in [0.25, 0.3) is 0 Å². The summed E-state index contributed by atoms with van der Waals surface area (Å²) in [6.45, 7) is -0.0852. The molecule has 0 fully saturated rings. The van der Waals surface area contributed by atoms with E-state index in [-0.39, 0.29) is 35.6 Å². The first kappa shape index (κ1) is 16.2. The van der Waals surface area contributed by atoms with Crippen LogP contribution in [0.15, 0.2) is 35.0 Å². The molecular formula is C15H12N6O4. The smallest absolute Gasteiger partial charge is 0.323 e. The minimum absolute atomic E-state index is 0.0371. The van der Waals surface area contributed by atoms with Crippen molar-refractivity contribution in [1.82, 2.24) is 10.3 Å². The second kappa shape index (κ2) is 6.81. The van der Waals surface area contributed by atoms with E-state index in [1.54, 1.807) is 24.3 Å². The van der Waals surface area contributed by atoms with Crippen molar-refractivity contribution in [3.63, 3.8) is 0 Å². The van der Waals surface area contributed by atoms with Crippen LogP contribution < -0.4 is 10.6 Å². The van der Waals surface area contributed by atoms with Gasteiger partial charge in [-0.1, -0.05) is 12.1 Å². The highest BCUT2D eigenvalue weighted by Crippen LogP contribution is 2.38. The van der Waals surface area contributed by atoms with E-state index in [2.05, 4.69) is 31.6 Å². The zero-order chi connectivity index (χ0) is 17.8. The number of anilines is 3. The van der Waals surface area contributed by atoms with Crippen LogP contribution in [0, 0.1) is 21.4 Å². The molecule has 0 aliphatic heterocycles. The van der Waals surface area contributed by atoms with Crippen molar-refractivity contribution in [2.45, 2.75) is 0 Å². The molecule has 3 aromatic rings. The van der Waals surface area contributed by atoms with Crippen LogP contribution in [0.1, 0.15) is 5.56 Å². The number of nitro groups is 1. The number of nitrogens with zero attached hydrogens (tertiary/aromatic N) is 4. The molecule has 0 aliphatic carbocycles. The van der Waals surface area contributed by atoms with Gasteiger partial charge in [-0.2, -0.15) is 5.26 Å². The van der Waals surface area contributed by atoms with Crippen LogP contribution in [0.5, 0.6) is 0 Å². The molecule has 0 radical (unpaired) electrons. The predicted molar refractivity (Wildman–Crippen MR) is 88.5 cm³/mol. The Morgan fingerprint density at radius 1 is 1.24 bits per heavy atom. The SMILES string of the molecule is N#Cc1ccccc1Nc1cc(NCCO)c([N+](=O)[O-])c2nonc12. The number of para-hydroxylation sites is 1. The number of rotatable bonds is 6. The fraction of sp³-hybridized carbons (Fsp3) is 0.133. The molecule has 126 valence electrons. The number of benzene rings is 2. The van der Waals surface area contributed by atoms with E-state index >= 15 is 0 Å². The molecule has 0 saturated carbocycles. The van der Waals surface area contributed by atoms with Gasteiger partial charge >= 0.3 is 5.69 Å². The van der Waals surface area contributed by atoms with E-state index in [4.69, 9.17) is 5.11 Å². The third kappa shape index (κ3) is 3.04. The number of aliphatic hydroxyl groups excluding tert-OH is 1. The van der Waals surface area contributed by atoms with E-state index in [1.165, 1.54) is 6.07 Å². The van der Waals surface area contributed by atoms with Crippen LogP contribution in [0.3, 0.4) is 0 Å². The lowest BCUT2D eigenvalue weighted by Gasteiger charge is -2.11. The molecule has 1 aromatic heterocycles. The molecule has 10 nitrogen and oxygen atoms in total. The lowest BCUT2D eigenvalue weighted by molar-refractivity contribution is -0.382.